The number of aliphatic imine (C=N–C) groups is 1. The zero-order valence-corrected chi connectivity index (χ0v) is 15.3. The lowest BCUT2D eigenvalue weighted by molar-refractivity contribution is -0.137. The van der Waals surface area contributed by atoms with Crippen LogP contribution in [0.3, 0.4) is 0 Å². The molecule has 4 nitrogen and oxygen atoms in total. The molecule has 27 heavy (non-hydrogen) atoms. The third-order valence-corrected chi connectivity index (χ3v) is 3.71. The first-order valence-electron chi connectivity index (χ1n) is 8.09. The van der Waals surface area contributed by atoms with Gasteiger partial charge in [0.1, 0.15) is 5.15 Å². The van der Waals surface area contributed by atoms with E-state index < -0.39 is 11.7 Å². The van der Waals surface area contributed by atoms with Crippen LogP contribution in [0.15, 0.2) is 47.6 Å². The highest BCUT2D eigenvalue weighted by molar-refractivity contribution is 6.29. The summed E-state index contributed by atoms with van der Waals surface area (Å²) >= 11 is 5.74. The average molecular weight is 395 g/mol. The fourth-order valence-corrected chi connectivity index (χ4v) is 2.26. The van der Waals surface area contributed by atoms with Gasteiger partial charge in [-0.05, 0) is 36.2 Å². The lowest BCUT2D eigenvalue weighted by Crippen LogP contribution is -2.38. The maximum atomic E-state index is 12.7. The van der Waals surface area contributed by atoms with Gasteiger partial charge in [0.25, 0.3) is 0 Å². The lowest BCUT2D eigenvalue weighted by Gasteiger charge is -2.09. The predicted octanol–water partition coefficient (Wildman–Crippen LogP) is 3.51. The van der Waals surface area contributed by atoms with E-state index in [2.05, 4.69) is 32.5 Å². The van der Waals surface area contributed by atoms with Crippen LogP contribution in [0.1, 0.15) is 16.7 Å². The summed E-state index contributed by atoms with van der Waals surface area (Å²) in [7, 11) is 1.62. The van der Waals surface area contributed by atoms with E-state index in [4.69, 9.17) is 11.6 Å². The van der Waals surface area contributed by atoms with E-state index in [0.717, 1.165) is 24.1 Å². The monoisotopic (exact) mass is 394 g/mol. The van der Waals surface area contributed by atoms with Crippen LogP contribution >= 0.6 is 11.6 Å². The van der Waals surface area contributed by atoms with Crippen LogP contribution in [-0.2, 0) is 12.6 Å². The number of hydrogen-bond donors (Lipinski definition) is 2. The number of halogens is 4. The normalized spacial score (nSPS) is 11.5. The quantitative estimate of drug-likeness (QED) is 0.361. The van der Waals surface area contributed by atoms with Crippen molar-refractivity contribution in [1.82, 2.24) is 15.6 Å². The van der Waals surface area contributed by atoms with Gasteiger partial charge >= 0.3 is 6.18 Å². The second-order valence-electron chi connectivity index (χ2n) is 5.47. The zero-order valence-electron chi connectivity index (χ0n) is 14.6. The summed E-state index contributed by atoms with van der Waals surface area (Å²) in [5.41, 5.74) is 0.632. The third-order valence-electron chi connectivity index (χ3n) is 3.49. The summed E-state index contributed by atoms with van der Waals surface area (Å²) in [6.07, 6.45) is -1.93. The molecule has 2 rings (SSSR count). The van der Waals surface area contributed by atoms with Gasteiger partial charge in [0.05, 0.1) is 12.1 Å². The van der Waals surface area contributed by atoms with Gasteiger partial charge in [-0.15, -0.1) is 0 Å². The molecule has 0 bridgehead atoms. The number of hydrogen-bond acceptors (Lipinski definition) is 2. The Hall–Kier alpha value is -2.72. The van der Waals surface area contributed by atoms with E-state index in [-0.39, 0.29) is 6.54 Å². The number of guanidine groups is 1. The SMILES string of the molecule is CN=C(NCC#Cc1cccc(C(F)(F)F)c1)NCCc1ccc(Cl)nc1. The summed E-state index contributed by atoms with van der Waals surface area (Å²) < 4.78 is 38.0. The van der Waals surface area contributed by atoms with Crippen LogP contribution in [0.5, 0.6) is 0 Å². The highest BCUT2D eigenvalue weighted by Crippen LogP contribution is 2.29. The largest absolute Gasteiger partial charge is 0.416 e. The minimum Gasteiger partial charge on any atom is -0.356 e. The van der Waals surface area contributed by atoms with Crippen LogP contribution in [0.4, 0.5) is 13.2 Å². The Morgan fingerprint density at radius 2 is 2.04 bits per heavy atom. The molecule has 0 saturated carbocycles. The molecule has 0 fully saturated rings. The molecule has 0 aliphatic rings. The molecule has 0 radical (unpaired) electrons. The van der Waals surface area contributed by atoms with Gasteiger partial charge in [0.15, 0.2) is 5.96 Å². The number of nitrogens with zero attached hydrogens (tertiary/aromatic N) is 2. The molecular formula is C19H18ClF3N4. The highest BCUT2D eigenvalue weighted by Gasteiger charge is 2.30. The molecule has 0 aliphatic heterocycles. The van der Waals surface area contributed by atoms with Crippen molar-refractivity contribution in [2.24, 2.45) is 4.99 Å². The van der Waals surface area contributed by atoms with Crippen molar-refractivity contribution < 1.29 is 13.2 Å². The molecule has 1 aromatic carbocycles. The fourth-order valence-electron chi connectivity index (χ4n) is 2.15. The van der Waals surface area contributed by atoms with E-state index >= 15 is 0 Å². The topological polar surface area (TPSA) is 49.3 Å². The van der Waals surface area contributed by atoms with Gasteiger partial charge in [-0.3, -0.25) is 4.99 Å². The molecule has 0 spiro atoms. The first-order valence-corrected chi connectivity index (χ1v) is 8.47. The fraction of sp³-hybridized carbons (Fsp3) is 0.263. The molecule has 0 amide bonds. The van der Waals surface area contributed by atoms with Crippen molar-refractivity contribution in [2.45, 2.75) is 12.6 Å². The Balaban J connectivity index is 1.80. The lowest BCUT2D eigenvalue weighted by atomic mass is 10.1. The summed E-state index contributed by atoms with van der Waals surface area (Å²) in [6.45, 7) is 0.877. The molecule has 2 N–H and O–H groups in total. The van der Waals surface area contributed by atoms with Crippen LogP contribution < -0.4 is 10.6 Å². The summed E-state index contributed by atoms with van der Waals surface area (Å²) in [6, 6.07) is 8.55. The van der Waals surface area contributed by atoms with E-state index in [1.54, 1.807) is 19.3 Å². The second-order valence-corrected chi connectivity index (χ2v) is 5.86. The Morgan fingerprint density at radius 3 is 2.70 bits per heavy atom. The highest BCUT2D eigenvalue weighted by atomic mass is 35.5. The van der Waals surface area contributed by atoms with E-state index in [1.807, 2.05) is 6.07 Å². The van der Waals surface area contributed by atoms with E-state index in [0.29, 0.717) is 23.2 Å². The van der Waals surface area contributed by atoms with Crippen molar-refractivity contribution in [3.63, 3.8) is 0 Å². The molecule has 0 atom stereocenters. The van der Waals surface area contributed by atoms with Crippen molar-refractivity contribution >= 4 is 17.6 Å². The summed E-state index contributed by atoms with van der Waals surface area (Å²) in [5, 5.41) is 6.56. The number of aromatic nitrogens is 1. The molecule has 0 unspecified atom stereocenters. The van der Waals surface area contributed by atoms with Crippen LogP contribution in [0, 0.1) is 11.8 Å². The number of pyridine rings is 1. The van der Waals surface area contributed by atoms with Crippen LogP contribution in [0.2, 0.25) is 5.15 Å². The number of rotatable bonds is 4. The van der Waals surface area contributed by atoms with Crippen molar-refractivity contribution in [3.05, 3.63) is 64.4 Å². The average Bonchev–Trinajstić information content (AvgIpc) is 2.65. The Bertz CT molecular complexity index is 837. The maximum absolute atomic E-state index is 12.7. The zero-order chi connectivity index (χ0) is 19.7. The van der Waals surface area contributed by atoms with Gasteiger partial charge < -0.3 is 10.6 Å². The third kappa shape index (κ3) is 7.19. The summed E-state index contributed by atoms with van der Waals surface area (Å²) in [4.78, 5) is 8.08. The van der Waals surface area contributed by atoms with Gasteiger partial charge in [-0.2, -0.15) is 13.2 Å². The van der Waals surface area contributed by atoms with E-state index in [1.165, 1.54) is 12.1 Å². The van der Waals surface area contributed by atoms with Crippen LogP contribution in [0.25, 0.3) is 0 Å². The smallest absolute Gasteiger partial charge is 0.356 e. The van der Waals surface area contributed by atoms with Gasteiger partial charge in [-0.1, -0.05) is 35.6 Å². The number of benzene rings is 1. The molecule has 142 valence electrons. The molecule has 2 aromatic rings. The standard InChI is InChI=1S/C19H18ClF3N4/c1-24-18(26-11-9-15-7-8-17(20)27-13-15)25-10-3-5-14-4-2-6-16(12-14)19(21,22)23/h2,4,6-8,12-13H,9-11H2,1H3,(H2,24,25,26). The second kappa shape index (κ2) is 9.83. The molecule has 8 heteroatoms. The maximum Gasteiger partial charge on any atom is 0.416 e. The molecule has 0 saturated heterocycles. The Labute approximate surface area is 160 Å². The molecule has 1 heterocycles. The molecule has 1 aromatic heterocycles. The van der Waals surface area contributed by atoms with Gasteiger partial charge in [0, 0.05) is 25.4 Å². The predicted molar refractivity (Wildman–Crippen MR) is 101 cm³/mol. The van der Waals surface area contributed by atoms with Crippen molar-refractivity contribution in [1.29, 1.82) is 0 Å². The minimum absolute atomic E-state index is 0.248. The molecular weight excluding hydrogens is 377 g/mol. The van der Waals surface area contributed by atoms with Crippen molar-refractivity contribution in [3.8, 4) is 11.8 Å². The summed E-state index contributed by atoms with van der Waals surface area (Å²) in [5.74, 6) is 6.04. The van der Waals surface area contributed by atoms with Gasteiger partial charge in [0.2, 0.25) is 0 Å². The Morgan fingerprint density at radius 1 is 1.22 bits per heavy atom. The minimum atomic E-state index is -4.37. The first-order chi connectivity index (χ1) is 12.9. The van der Waals surface area contributed by atoms with Crippen LogP contribution in [-0.4, -0.2) is 31.1 Å². The van der Waals surface area contributed by atoms with E-state index in [9.17, 15) is 13.2 Å². The van der Waals surface area contributed by atoms with Gasteiger partial charge in [-0.25, -0.2) is 4.98 Å². The number of nitrogens with one attached hydrogen (secondary N) is 2. The number of alkyl halides is 3. The molecule has 0 aliphatic carbocycles. The first kappa shape index (κ1) is 20.6. The van der Waals surface area contributed by atoms with Crippen molar-refractivity contribution in [2.75, 3.05) is 20.1 Å². The Kier molecular flexibility index (Phi) is 7.50.